The first kappa shape index (κ1) is 14.8. The van der Waals surface area contributed by atoms with E-state index in [4.69, 9.17) is 9.57 Å². The van der Waals surface area contributed by atoms with Crippen LogP contribution < -0.4 is 4.74 Å². The highest BCUT2D eigenvalue weighted by Crippen LogP contribution is 2.08. The van der Waals surface area contributed by atoms with Crippen molar-refractivity contribution in [3.8, 4) is 5.75 Å². The number of hydrogen-bond donors (Lipinski definition) is 0. The zero-order valence-corrected chi connectivity index (χ0v) is 12.1. The minimum atomic E-state index is -0.537. The smallest absolute Gasteiger partial charge is 0.372 e. The van der Waals surface area contributed by atoms with E-state index < -0.39 is 5.97 Å². The lowest BCUT2D eigenvalue weighted by molar-refractivity contribution is -0.146. The van der Waals surface area contributed by atoms with Gasteiger partial charge in [0.2, 0.25) is 0 Å². The first-order valence-corrected chi connectivity index (χ1v) is 6.64. The van der Waals surface area contributed by atoms with E-state index >= 15 is 0 Å². The van der Waals surface area contributed by atoms with Gasteiger partial charge in [-0.3, -0.25) is 0 Å². The molecule has 0 aliphatic rings. The first-order valence-electron chi connectivity index (χ1n) is 6.64. The minimum absolute atomic E-state index is 0.172. The van der Waals surface area contributed by atoms with Crippen LogP contribution in [0.15, 0.2) is 59.8 Å². The fraction of sp³-hybridized carbons (Fsp3) is 0.176. The van der Waals surface area contributed by atoms with Gasteiger partial charge in [0.25, 0.3) is 0 Å². The second-order valence-corrected chi connectivity index (χ2v) is 4.61. The number of nitrogens with zero attached hydrogens (tertiary/aromatic N) is 1. The van der Waals surface area contributed by atoms with Crippen LogP contribution in [0.4, 0.5) is 0 Å². The van der Waals surface area contributed by atoms with Gasteiger partial charge in [-0.15, -0.1) is 0 Å². The van der Waals surface area contributed by atoms with Gasteiger partial charge in [0.15, 0.2) is 6.61 Å². The number of carbonyl (C=O) groups excluding carboxylic acids is 1. The second kappa shape index (κ2) is 7.24. The summed E-state index contributed by atoms with van der Waals surface area (Å²) in [5.74, 6) is 0.0824. The molecule has 0 bridgehead atoms. The summed E-state index contributed by atoms with van der Waals surface area (Å²) in [4.78, 5) is 16.4. The molecule has 2 aromatic carbocycles. The van der Waals surface area contributed by atoms with Gasteiger partial charge in [-0.25, -0.2) is 4.79 Å². The topological polar surface area (TPSA) is 47.9 Å². The van der Waals surface area contributed by atoms with Gasteiger partial charge < -0.3 is 9.57 Å². The number of benzene rings is 2. The van der Waals surface area contributed by atoms with Crippen molar-refractivity contribution in [2.45, 2.75) is 13.8 Å². The number of oxime groups is 1. The summed E-state index contributed by atoms with van der Waals surface area (Å²) < 4.78 is 5.28. The van der Waals surface area contributed by atoms with Crippen molar-refractivity contribution >= 4 is 11.7 Å². The van der Waals surface area contributed by atoms with Crippen LogP contribution >= 0.6 is 0 Å². The first-order chi connectivity index (χ1) is 10.1. The Morgan fingerprint density at radius 1 is 1.05 bits per heavy atom. The zero-order chi connectivity index (χ0) is 15.1. The predicted molar refractivity (Wildman–Crippen MR) is 81.4 cm³/mol. The third-order valence-electron chi connectivity index (χ3n) is 2.85. The van der Waals surface area contributed by atoms with Gasteiger partial charge in [-0.1, -0.05) is 53.2 Å². The molecular formula is C17H17NO3. The van der Waals surface area contributed by atoms with Crippen LogP contribution in [0.25, 0.3) is 0 Å². The molecule has 0 N–H and O–H groups in total. The molecule has 0 atom stereocenters. The molecule has 0 spiro atoms. The Morgan fingerprint density at radius 2 is 1.71 bits per heavy atom. The maximum absolute atomic E-state index is 11.6. The molecule has 108 valence electrons. The largest absolute Gasteiger partial charge is 0.482 e. The number of ether oxygens (including phenoxy) is 1. The van der Waals surface area contributed by atoms with Gasteiger partial charge >= 0.3 is 5.97 Å². The zero-order valence-electron chi connectivity index (χ0n) is 12.1. The van der Waals surface area contributed by atoms with E-state index in [1.54, 1.807) is 19.1 Å². The Kier molecular flexibility index (Phi) is 5.10. The summed E-state index contributed by atoms with van der Waals surface area (Å²) in [5.41, 5.74) is 2.72. The maximum atomic E-state index is 11.6. The van der Waals surface area contributed by atoms with Crippen LogP contribution in [0.2, 0.25) is 0 Å². The van der Waals surface area contributed by atoms with E-state index in [1.165, 1.54) is 5.56 Å². The van der Waals surface area contributed by atoms with Crippen molar-refractivity contribution in [2.75, 3.05) is 6.61 Å². The summed E-state index contributed by atoms with van der Waals surface area (Å²) in [5, 5.41) is 3.82. The highest BCUT2D eigenvalue weighted by atomic mass is 16.7. The number of hydrogen-bond acceptors (Lipinski definition) is 4. The van der Waals surface area contributed by atoms with Gasteiger partial charge in [0.05, 0.1) is 5.71 Å². The standard InChI is InChI=1S/C17H17NO3/c1-13-8-10-15(11-9-13)14(2)18-21-17(19)12-20-16-6-4-3-5-7-16/h3-11H,12H2,1-2H3/b18-14+. The molecule has 0 unspecified atom stereocenters. The predicted octanol–water partition coefficient (Wildman–Crippen LogP) is 3.34. The molecular weight excluding hydrogens is 266 g/mol. The quantitative estimate of drug-likeness (QED) is 0.480. The maximum Gasteiger partial charge on any atom is 0.372 e. The molecule has 0 saturated carbocycles. The van der Waals surface area contributed by atoms with E-state index in [9.17, 15) is 4.79 Å². The van der Waals surface area contributed by atoms with Gasteiger partial charge in [-0.2, -0.15) is 0 Å². The molecule has 0 aliphatic carbocycles. The monoisotopic (exact) mass is 283 g/mol. The third kappa shape index (κ3) is 4.76. The van der Waals surface area contributed by atoms with Crippen molar-refractivity contribution in [1.82, 2.24) is 0 Å². The normalized spacial score (nSPS) is 11.0. The fourth-order valence-corrected chi connectivity index (χ4v) is 1.65. The number of carbonyl (C=O) groups is 1. The van der Waals surface area contributed by atoms with Crippen molar-refractivity contribution in [3.63, 3.8) is 0 Å². The van der Waals surface area contributed by atoms with Crippen LogP contribution in [0.5, 0.6) is 5.75 Å². The van der Waals surface area contributed by atoms with Crippen LogP contribution in [0, 0.1) is 6.92 Å². The van der Waals surface area contributed by atoms with Gasteiger partial charge in [0, 0.05) is 0 Å². The SMILES string of the molecule is C/C(=N\OC(=O)COc1ccccc1)c1ccc(C)cc1. The summed E-state index contributed by atoms with van der Waals surface area (Å²) in [6.45, 7) is 3.63. The van der Waals surface area contributed by atoms with Gasteiger partial charge in [0.1, 0.15) is 5.75 Å². The Labute approximate surface area is 124 Å². The highest BCUT2D eigenvalue weighted by molar-refractivity contribution is 5.98. The third-order valence-corrected chi connectivity index (χ3v) is 2.85. The van der Waals surface area contributed by atoms with E-state index in [2.05, 4.69) is 5.16 Å². The molecule has 0 fully saturated rings. The van der Waals surface area contributed by atoms with Crippen molar-refractivity contribution < 1.29 is 14.4 Å². The molecule has 0 aromatic heterocycles. The molecule has 0 saturated heterocycles. The number of rotatable bonds is 5. The lowest BCUT2D eigenvalue weighted by Gasteiger charge is -2.04. The van der Waals surface area contributed by atoms with Crippen molar-refractivity contribution in [3.05, 3.63) is 65.7 Å². The molecule has 21 heavy (non-hydrogen) atoms. The van der Waals surface area contributed by atoms with Crippen LogP contribution in [-0.4, -0.2) is 18.3 Å². The molecule has 2 aromatic rings. The molecule has 0 radical (unpaired) electrons. The molecule has 0 heterocycles. The summed E-state index contributed by atoms with van der Waals surface area (Å²) in [7, 11) is 0. The van der Waals surface area contributed by atoms with E-state index in [1.807, 2.05) is 49.4 Å². The molecule has 0 amide bonds. The average molecular weight is 283 g/mol. The lowest BCUT2D eigenvalue weighted by Crippen LogP contribution is -2.13. The van der Waals surface area contributed by atoms with Crippen molar-refractivity contribution in [1.29, 1.82) is 0 Å². The molecule has 2 rings (SSSR count). The Bertz CT molecular complexity index is 618. The Hall–Kier alpha value is -2.62. The van der Waals surface area contributed by atoms with Crippen molar-refractivity contribution in [2.24, 2.45) is 5.16 Å². The number of para-hydroxylation sites is 1. The van der Waals surface area contributed by atoms with E-state index in [0.717, 1.165) is 5.56 Å². The van der Waals surface area contributed by atoms with Crippen LogP contribution in [-0.2, 0) is 9.63 Å². The summed E-state index contributed by atoms with van der Waals surface area (Å²) in [6, 6.07) is 16.9. The fourth-order valence-electron chi connectivity index (χ4n) is 1.65. The summed E-state index contributed by atoms with van der Waals surface area (Å²) >= 11 is 0. The van der Waals surface area contributed by atoms with Crippen LogP contribution in [0.3, 0.4) is 0 Å². The summed E-state index contributed by atoms with van der Waals surface area (Å²) in [6.07, 6.45) is 0. The minimum Gasteiger partial charge on any atom is -0.482 e. The molecule has 4 heteroatoms. The molecule has 0 aliphatic heterocycles. The van der Waals surface area contributed by atoms with E-state index in [-0.39, 0.29) is 6.61 Å². The second-order valence-electron chi connectivity index (χ2n) is 4.61. The number of aryl methyl sites for hydroxylation is 1. The average Bonchev–Trinajstić information content (AvgIpc) is 2.52. The highest BCUT2D eigenvalue weighted by Gasteiger charge is 2.05. The van der Waals surface area contributed by atoms with Gasteiger partial charge in [-0.05, 0) is 31.5 Å². The van der Waals surface area contributed by atoms with E-state index in [0.29, 0.717) is 11.5 Å². The Morgan fingerprint density at radius 3 is 2.38 bits per heavy atom. The van der Waals surface area contributed by atoms with Crippen LogP contribution in [0.1, 0.15) is 18.1 Å². The lowest BCUT2D eigenvalue weighted by atomic mass is 10.1. The Balaban J connectivity index is 1.85. The molecule has 4 nitrogen and oxygen atoms in total.